The summed E-state index contributed by atoms with van der Waals surface area (Å²) >= 11 is 5.78. The van der Waals surface area contributed by atoms with E-state index in [1.54, 1.807) is 0 Å². The fourth-order valence-corrected chi connectivity index (χ4v) is 2.02. The number of H-pyrrole nitrogens is 1. The van der Waals surface area contributed by atoms with Gasteiger partial charge in [0.05, 0.1) is 11.1 Å². The van der Waals surface area contributed by atoms with Gasteiger partial charge < -0.3 is 4.98 Å². The minimum atomic E-state index is -0.806. The molecular formula is C13H6ClF3N2. The number of benzene rings is 2. The third-order valence-corrected chi connectivity index (χ3v) is 2.92. The molecule has 0 saturated carbocycles. The van der Waals surface area contributed by atoms with E-state index in [0.29, 0.717) is 5.02 Å². The average Bonchev–Trinajstić information content (AvgIpc) is 2.76. The highest BCUT2D eigenvalue weighted by molar-refractivity contribution is 6.30. The maximum Gasteiger partial charge on any atom is 0.153 e. The lowest BCUT2D eigenvalue weighted by molar-refractivity contribution is 0.590. The summed E-state index contributed by atoms with van der Waals surface area (Å²) in [6.45, 7) is 0. The molecule has 0 aliphatic heterocycles. The SMILES string of the molecule is Fc1cc(F)c2nc(-c3cc(Cl)ccc3F)[nH]c2c1. The fourth-order valence-electron chi connectivity index (χ4n) is 1.85. The predicted molar refractivity (Wildman–Crippen MR) is 66.4 cm³/mol. The van der Waals surface area contributed by atoms with Gasteiger partial charge in [-0.15, -0.1) is 0 Å². The van der Waals surface area contributed by atoms with Gasteiger partial charge in [0.15, 0.2) is 5.82 Å². The van der Waals surface area contributed by atoms with Gasteiger partial charge >= 0.3 is 0 Å². The van der Waals surface area contributed by atoms with Crippen molar-refractivity contribution in [1.29, 1.82) is 0 Å². The number of halogens is 4. The molecule has 0 radical (unpaired) electrons. The van der Waals surface area contributed by atoms with E-state index in [1.165, 1.54) is 18.2 Å². The standard InChI is InChI=1S/C13H6ClF3N2/c14-6-1-2-9(16)8(3-6)13-18-11-5-7(15)4-10(17)12(11)19-13/h1-5H,(H,18,19). The van der Waals surface area contributed by atoms with Gasteiger partial charge in [-0.1, -0.05) is 11.6 Å². The number of aromatic amines is 1. The second kappa shape index (κ2) is 4.28. The lowest BCUT2D eigenvalue weighted by atomic mass is 10.2. The Labute approximate surface area is 110 Å². The van der Waals surface area contributed by atoms with Crippen LogP contribution in [0.15, 0.2) is 30.3 Å². The zero-order valence-corrected chi connectivity index (χ0v) is 10.1. The molecule has 3 rings (SSSR count). The quantitative estimate of drug-likeness (QED) is 0.708. The third kappa shape index (κ3) is 2.06. The summed E-state index contributed by atoms with van der Waals surface area (Å²) in [5, 5.41) is 0.323. The van der Waals surface area contributed by atoms with Crippen molar-refractivity contribution >= 4 is 22.6 Å². The van der Waals surface area contributed by atoms with Crippen LogP contribution >= 0.6 is 11.6 Å². The highest BCUT2D eigenvalue weighted by Gasteiger charge is 2.14. The first-order valence-electron chi connectivity index (χ1n) is 5.35. The maximum absolute atomic E-state index is 13.7. The molecule has 3 aromatic rings. The molecule has 0 atom stereocenters. The topological polar surface area (TPSA) is 28.7 Å². The Morgan fingerprint density at radius 1 is 1.00 bits per heavy atom. The number of rotatable bonds is 1. The molecule has 0 bridgehead atoms. The molecule has 0 aliphatic rings. The summed E-state index contributed by atoms with van der Waals surface area (Å²) in [5.74, 6) is -1.99. The van der Waals surface area contributed by atoms with Crippen LogP contribution in [-0.2, 0) is 0 Å². The third-order valence-electron chi connectivity index (χ3n) is 2.69. The minimum absolute atomic E-state index is 0.0456. The molecule has 2 aromatic carbocycles. The number of hydrogen-bond acceptors (Lipinski definition) is 1. The summed E-state index contributed by atoms with van der Waals surface area (Å²) < 4.78 is 40.3. The smallest absolute Gasteiger partial charge is 0.153 e. The van der Waals surface area contributed by atoms with Crippen LogP contribution in [-0.4, -0.2) is 9.97 Å². The van der Waals surface area contributed by atoms with Crippen molar-refractivity contribution in [3.05, 3.63) is 52.8 Å². The van der Waals surface area contributed by atoms with E-state index in [-0.39, 0.29) is 22.4 Å². The second-order valence-corrected chi connectivity index (χ2v) is 4.43. The molecule has 0 aliphatic carbocycles. The van der Waals surface area contributed by atoms with Crippen molar-refractivity contribution < 1.29 is 13.2 Å². The summed E-state index contributed by atoms with van der Waals surface area (Å²) in [6.07, 6.45) is 0. The number of fused-ring (bicyclic) bond motifs is 1. The Morgan fingerprint density at radius 3 is 2.58 bits per heavy atom. The monoisotopic (exact) mass is 282 g/mol. The number of aromatic nitrogens is 2. The highest BCUT2D eigenvalue weighted by atomic mass is 35.5. The van der Waals surface area contributed by atoms with Crippen LogP contribution in [0.2, 0.25) is 5.02 Å². The summed E-state index contributed by atoms with van der Waals surface area (Å²) in [5.41, 5.74) is 0.214. The van der Waals surface area contributed by atoms with Crippen molar-refractivity contribution in [2.24, 2.45) is 0 Å². The van der Waals surface area contributed by atoms with Gasteiger partial charge in [0.25, 0.3) is 0 Å². The molecule has 2 nitrogen and oxygen atoms in total. The molecule has 0 fully saturated rings. The van der Waals surface area contributed by atoms with Crippen molar-refractivity contribution in [3.8, 4) is 11.4 Å². The van der Waals surface area contributed by atoms with Gasteiger partial charge in [0.2, 0.25) is 0 Å². The zero-order chi connectivity index (χ0) is 13.6. The van der Waals surface area contributed by atoms with Crippen LogP contribution in [0, 0.1) is 17.5 Å². The van der Waals surface area contributed by atoms with Crippen molar-refractivity contribution in [1.82, 2.24) is 9.97 Å². The van der Waals surface area contributed by atoms with Crippen LogP contribution in [0.5, 0.6) is 0 Å². The van der Waals surface area contributed by atoms with Crippen molar-refractivity contribution in [2.75, 3.05) is 0 Å². The van der Waals surface area contributed by atoms with E-state index >= 15 is 0 Å². The number of nitrogens with zero attached hydrogens (tertiary/aromatic N) is 1. The Morgan fingerprint density at radius 2 is 1.79 bits per heavy atom. The molecule has 19 heavy (non-hydrogen) atoms. The average molecular weight is 283 g/mol. The number of hydrogen-bond donors (Lipinski definition) is 1. The largest absolute Gasteiger partial charge is 0.338 e. The van der Waals surface area contributed by atoms with Crippen LogP contribution in [0.4, 0.5) is 13.2 Å². The van der Waals surface area contributed by atoms with Crippen LogP contribution in [0.25, 0.3) is 22.4 Å². The lowest BCUT2D eigenvalue weighted by Crippen LogP contribution is -1.86. The van der Waals surface area contributed by atoms with Gasteiger partial charge in [0.1, 0.15) is 23.0 Å². The van der Waals surface area contributed by atoms with E-state index in [9.17, 15) is 13.2 Å². The summed E-state index contributed by atoms with van der Waals surface area (Å²) in [7, 11) is 0. The van der Waals surface area contributed by atoms with Crippen LogP contribution in [0.3, 0.4) is 0 Å². The fraction of sp³-hybridized carbons (Fsp3) is 0. The molecule has 0 spiro atoms. The molecule has 6 heteroatoms. The Kier molecular flexibility index (Phi) is 2.71. The molecule has 96 valence electrons. The Hall–Kier alpha value is -2.01. The van der Waals surface area contributed by atoms with Crippen molar-refractivity contribution in [2.45, 2.75) is 0 Å². The van der Waals surface area contributed by atoms with Crippen molar-refractivity contribution in [3.63, 3.8) is 0 Å². The number of imidazole rings is 1. The predicted octanol–water partition coefficient (Wildman–Crippen LogP) is 4.30. The van der Waals surface area contributed by atoms with E-state index in [4.69, 9.17) is 11.6 Å². The van der Waals surface area contributed by atoms with Gasteiger partial charge in [-0.25, -0.2) is 18.2 Å². The molecule has 1 aromatic heterocycles. The molecule has 0 saturated heterocycles. The second-order valence-electron chi connectivity index (χ2n) is 3.99. The van der Waals surface area contributed by atoms with Crippen LogP contribution < -0.4 is 0 Å². The van der Waals surface area contributed by atoms with E-state index in [2.05, 4.69) is 9.97 Å². The van der Waals surface area contributed by atoms with E-state index in [0.717, 1.165) is 12.1 Å². The Bertz CT molecular complexity index is 783. The van der Waals surface area contributed by atoms with Crippen LogP contribution in [0.1, 0.15) is 0 Å². The van der Waals surface area contributed by atoms with E-state index in [1.807, 2.05) is 0 Å². The van der Waals surface area contributed by atoms with Gasteiger partial charge in [-0.2, -0.15) is 0 Å². The van der Waals surface area contributed by atoms with Gasteiger partial charge in [-0.05, 0) is 24.3 Å². The first-order valence-corrected chi connectivity index (χ1v) is 5.72. The normalized spacial score (nSPS) is 11.2. The molecule has 0 unspecified atom stereocenters. The maximum atomic E-state index is 13.7. The lowest BCUT2D eigenvalue weighted by Gasteiger charge is -1.99. The van der Waals surface area contributed by atoms with E-state index < -0.39 is 17.5 Å². The molecule has 1 heterocycles. The molecule has 1 N–H and O–H groups in total. The summed E-state index contributed by atoms with van der Waals surface area (Å²) in [6, 6.07) is 5.76. The summed E-state index contributed by atoms with van der Waals surface area (Å²) in [4.78, 5) is 6.60. The highest BCUT2D eigenvalue weighted by Crippen LogP contribution is 2.27. The van der Waals surface area contributed by atoms with Gasteiger partial charge in [-0.3, -0.25) is 0 Å². The molecule has 0 amide bonds. The Balaban J connectivity index is 2.26. The first-order chi connectivity index (χ1) is 9.04. The first kappa shape index (κ1) is 12.0. The van der Waals surface area contributed by atoms with Gasteiger partial charge in [0, 0.05) is 11.1 Å². The minimum Gasteiger partial charge on any atom is -0.338 e. The number of nitrogens with one attached hydrogen (secondary N) is 1. The zero-order valence-electron chi connectivity index (χ0n) is 9.35. The molecular weight excluding hydrogens is 277 g/mol.